The van der Waals surface area contributed by atoms with Crippen molar-refractivity contribution >= 4 is 5.91 Å². The van der Waals surface area contributed by atoms with E-state index in [1.54, 1.807) is 13.3 Å². The molecule has 1 saturated carbocycles. The first-order valence-electron chi connectivity index (χ1n) is 9.65. The summed E-state index contributed by atoms with van der Waals surface area (Å²) in [6.07, 6.45) is 5.32. The number of hydrogen-bond acceptors (Lipinski definition) is 4. The van der Waals surface area contributed by atoms with Crippen molar-refractivity contribution in [3.05, 3.63) is 59.9 Å². The fourth-order valence-corrected chi connectivity index (χ4v) is 3.66. The van der Waals surface area contributed by atoms with Crippen molar-refractivity contribution in [3.8, 4) is 5.75 Å². The molecule has 1 heterocycles. The molecular weight excluding hydrogens is 340 g/mol. The Morgan fingerprint density at radius 2 is 2.04 bits per heavy atom. The average molecular weight is 368 g/mol. The van der Waals surface area contributed by atoms with Crippen LogP contribution in [0.25, 0.3) is 0 Å². The fraction of sp³-hybridized carbons (Fsp3) is 0.455. The minimum Gasteiger partial charge on any atom is -0.497 e. The van der Waals surface area contributed by atoms with E-state index in [1.807, 2.05) is 47.4 Å². The summed E-state index contributed by atoms with van der Waals surface area (Å²) in [6.45, 7) is 1.14. The van der Waals surface area contributed by atoms with E-state index in [-0.39, 0.29) is 17.9 Å². The van der Waals surface area contributed by atoms with Crippen LogP contribution >= 0.6 is 0 Å². The molecule has 1 aliphatic rings. The van der Waals surface area contributed by atoms with Gasteiger partial charge in [0.25, 0.3) is 0 Å². The van der Waals surface area contributed by atoms with Crippen LogP contribution < -0.4 is 4.74 Å². The third-order valence-electron chi connectivity index (χ3n) is 5.22. The number of hydrogen-bond donors (Lipinski definition) is 1. The van der Waals surface area contributed by atoms with Gasteiger partial charge in [-0.15, -0.1) is 0 Å². The summed E-state index contributed by atoms with van der Waals surface area (Å²) in [7, 11) is 1.65. The Morgan fingerprint density at radius 3 is 2.70 bits per heavy atom. The van der Waals surface area contributed by atoms with E-state index in [0.717, 1.165) is 37.1 Å². The van der Waals surface area contributed by atoms with Crippen LogP contribution in [-0.2, 0) is 17.8 Å². The molecule has 0 radical (unpaired) electrons. The van der Waals surface area contributed by atoms with Gasteiger partial charge in [0.1, 0.15) is 5.75 Å². The lowest BCUT2D eigenvalue weighted by atomic mass is 9.86. The average Bonchev–Trinajstić information content (AvgIpc) is 2.71. The van der Waals surface area contributed by atoms with E-state index in [2.05, 4.69) is 4.98 Å². The maximum atomic E-state index is 13.1. The summed E-state index contributed by atoms with van der Waals surface area (Å²) >= 11 is 0. The minimum absolute atomic E-state index is 0.0895. The van der Waals surface area contributed by atoms with E-state index in [9.17, 15) is 9.90 Å². The van der Waals surface area contributed by atoms with Gasteiger partial charge < -0.3 is 14.7 Å². The van der Waals surface area contributed by atoms with Gasteiger partial charge in [0.05, 0.1) is 25.5 Å². The number of aliphatic hydroxyl groups is 1. The van der Waals surface area contributed by atoms with Gasteiger partial charge in [-0.3, -0.25) is 9.78 Å². The van der Waals surface area contributed by atoms with E-state index in [4.69, 9.17) is 4.74 Å². The lowest BCUT2D eigenvalue weighted by molar-refractivity contribution is -0.138. The number of carbonyl (C=O) groups is 1. The Balaban J connectivity index is 1.69. The minimum atomic E-state index is -0.356. The van der Waals surface area contributed by atoms with E-state index in [1.165, 1.54) is 5.56 Å². The summed E-state index contributed by atoms with van der Waals surface area (Å²) in [5.41, 5.74) is 2.05. The van der Waals surface area contributed by atoms with Crippen molar-refractivity contribution in [2.24, 2.45) is 5.92 Å². The summed E-state index contributed by atoms with van der Waals surface area (Å²) in [5.74, 6) is 0.873. The van der Waals surface area contributed by atoms with Crippen LogP contribution in [0.5, 0.6) is 5.75 Å². The number of benzene rings is 1. The molecule has 144 valence electrons. The lowest BCUT2D eigenvalue weighted by Crippen LogP contribution is -2.40. The Morgan fingerprint density at radius 1 is 1.22 bits per heavy atom. The molecule has 0 aliphatic heterocycles. The molecule has 3 rings (SSSR count). The van der Waals surface area contributed by atoms with Crippen LogP contribution in [0, 0.1) is 5.92 Å². The number of amides is 1. The molecular formula is C22H28N2O3. The van der Waals surface area contributed by atoms with Crippen LogP contribution in [0.4, 0.5) is 0 Å². The summed E-state index contributed by atoms with van der Waals surface area (Å²) < 4.78 is 5.20. The molecule has 1 amide bonds. The molecule has 0 bridgehead atoms. The van der Waals surface area contributed by atoms with Crippen molar-refractivity contribution in [1.29, 1.82) is 0 Å². The molecule has 5 nitrogen and oxygen atoms in total. The van der Waals surface area contributed by atoms with E-state index >= 15 is 0 Å². The van der Waals surface area contributed by atoms with Gasteiger partial charge in [0.15, 0.2) is 0 Å². The van der Waals surface area contributed by atoms with E-state index in [0.29, 0.717) is 19.5 Å². The number of aromatic nitrogens is 1. The van der Waals surface area contributed by atoms with Crippen molar-refractivity contribution in [2.45, 2.75) is 44.8 Å². The van der Waals surface area contributed by atoms with Crippen LogP contribution in [0.2, 0.25) is 0 Å². The Kier molecular flexibility index (Phi) is 6.82. The van der Waals surface area contributed by atoms with Crippen molar-refractivity contribution in [3.63, 3.8) is 0 Å². The quantitative estimate of drug-likeness (QED) is 0.815. The van der Waals surface area contributed by atoms with Gasteiger partial charge in [0.2, 0.25) is 5.91 Å². The monoisotopic (exact) mass is 368 g/mol. The van der Waals surface area contributed by atoms with Crippen LogP contribution in [-0.4, -0.2) is 40.7 Å². The van der Waals surface area contributed by atoms with Gasteiger partial charge in [-0.1, -0.05) is 24.6 Å². The molecule has 2 atom stereocenters. The number of ether oxygens (including phenoxy) is 1. The predicted molar refractivity (Wildman–Crippen MR) is 104 cm³/mol. The second kappa shape index (κ2) is 9.51. The summed E-state index contributed by atoms with van der Waals surface area (Å²) in [5, 5.41) is 9.96. The molecule has 0 unspecified atom stereocenters. The Bertz CT molecular complexity index is 718. The first-order chi connectivity index (χ1) is 13.2. The van der Waals surface area contributed by atoms with Gasteiger partial charge >= 0.3 is 0 Å². The zero-order valence-electron chi connectivity index (χ0n) is 15.9. The highest BCUT2D eigenvalue weighted by Crippen LogP contribution is 2.26. The molecule has 1 fully saturated rings. The predicted octanol–water partition coefficient (Wildman–Crippen LogP) is 3.21. The highest BCUT2D eigenvalue weighted by molar-refractivity contribution is 5.79. The lowest BCUT2D eigenvalue weighted by Gasteiger charge is -2.31. The number of nitrogens with zero attached hydrogens (tertiary/aromatic N) is 2. The molecule has 1 aromatic heterocycles. The molecule has 0 saturated heterocycles. The maximum absolute atomic E-state index is 13.1. The van der Waals surface area contributed by atoms with Crippen LogP contribution in [0.15, 0.2) is 48.7 Å². The Labute approximate surface area is 161 Å². The van der Waals surface area contributed by atoms with Gasteiger partial charge in [-0.2, -0.15) is 0 Å². The Hall–Kier alpha value is -2.40. The normalized spacial score (nSPS) is 19.5. The zero-order valence-corrected chi connectivity index (χ0v) is 15.9. The molecule has 1 N–H and O–H groups in total. The van der Waals surface area contributed by atoms with Crippen molar-refractivity contribution in [1.82, 2.24) is 9.88 Å². The van der Waals surface area contributed by atoms with Gasteiger partial charge in [0, 0.05) is 18.7 Å². The first-order valence-corrected chi connectivity index (χ1v) is 9.65. The topological polar surface area (TPSA) is 62.7 Å². The third-order valence-corrected chi connectivity index (χ3v) is 5.22. The number of rotatable bonds is 7. The number of methoxy groups -OCH3 is 1. The highest BCUT2D eigenvalue weighted by atomic mass is 16.5. The largest absolute Gasteiger partial charge is 0.497 e. The molecule has 1 aliphatic carbocycles. The second-order valence-corrected chi connectivity index (χ2v) is 7.20. The number of carbonyl (C=O) groups excluding carboxylic acids is 1. The first kappa shape index (κ1) is 19.4. The van der Waals surface area contributed by atoms with E-state index < -0.39 is 0 Å². The second-order valence-electron chi connectivity index (χ2n) is 7.20. The molecule has 27 heavy (non-hydrogen) atoms. The molecule has 2 aromatic rings. The number of aliphatic hydroxyl groups excluding tert-OH is 1. The van der Waals surface area contributed by atoms with Crippen molar-refractivity contribution < 1.29 is 14.6 Å². The van der Waals surface area contributed by atoms with Crippen LogP contribution in [0.3, 0.4) is 0 Å². The SMILES string of the molecule is COc1ccc(CCN(Cc2ccccn2)C(=O)[C@@H]2CCC[C@@H](O)C2)cc1. The fourth-order valence-electron chi connectivity index (χ4n) is 3.66. The summed E-state index contributed by atoms with van der Waals surface area (Å²) in [4.78, 5) is 19.4. The molecule has 5 heteroatoms. The van der Waals surface area contributed by atoms with Gasteiger partial charge in [-0.05, 0) is 55.5 Å². The van der Waals surface area contributed by atoms with Gasteiger partial charge in [-0.25, -0.2) is 0 Å². The standard InChI is InChI=1S/C22H28N2O3/c1-27-21-10-8-17(9-11-21)12-14-24(16-19-6-2-3-13-23-19)22(26)18-5-4-7-20(25)15-18/h2-3,6,8-11,13,18,20,25H,4-5,7,12,14-16H2,1H3/t18-,20-/m1/s1. The van der Waals surface area contributed by atoms with Crippen LogP contribution in [0.1, 0.15) is 36.9 Å². The third kappa shape index (κ3) is 5.54. The maximum Gasteiger partial charge on any atom is 0.226 e. The highest BCUT2D eigenvalue weighted by Gasteiger charge is 2.29. The smallest absolute Gasteiger partial charge is 0.226 e. The molecule has 0 spiro atoms. The summed E-state index contributed by atoms with van der Waals surface area (Å²) in [6, 6.07) is 13.7. The van der Waals surface area contributed by atoms with Crippen molar-refractivity contribution in [2.75, 3.05) is 13.7 Å². The zero-order chi connectivity index (χ0) is 19.1. The molecule has 1 aromatic carbocycles. The number of pyridine rings is 1.